The minimum absolute atomic E-state index is 0.00829. The summed E-state index contributed by atoms with van der Waals surface area (Å²) < 4.78 is 0. The molecule has 146 valence electrons. The Morgan fingerprint density at radius 3 is 2.69 bits per heavy atom. The number of rotatable bonds is 6. The summed E-state index contributed by atoms with van der Waals surface area (Å²) in [5.74, 6) is 0.773. The molecule has 6 heteroatoms. The molecule has 0 fully saturated rings. The third kappa shape index (κ3) is 4.11. The number of fused-ring (bicyclic) bond motifs is 1. The van der Waals surface area contributed by atoms with E-state index in [-0.39, 0.29) is 11.9 Å². The second kappa shape index (κ2) is 8.14. The number of nitrogens with zero attached hydrogens (tertiary/aromatic N) is 2. The van der Waals surface area contributed by atoms with Crippen molar-refractivity contribution in [2.75, 3.05) is 10.6 Å². The lowest BCUT2D eigenvalue weighted by atomic mass is 10.1. The highest BCUT2D eigenvalue weighted by Gasteiger charge is 2.13. The van der Waals surface area contributed by atoms with Crippen molar-refractivity contribution < 1.29 is 4.79 Å². The first-order valence-corrected chi connectivity index (χ1v) is 9.69. The third-order valence-corrected chi connectivity index (χ3v) is 4.86. The molecule has 0 bridgehead atoms. The summed E-state index contributed by atoms with van der Waals surface area (Å²) in [7, 11) is 0. The maximum absolute atomic E-state index is 11.7. The van der Waals surface area contributed by atoms with Crippen LogP contribution in [0.25, 0.3) is 22.3 Å². The van der Waals surface area contributed by atoms with Gasteiger partial charge in [0.2, 0.25) is 5.91 Å². The molecule has 1 atom stereocenters. The van der Waals surface area contributed by atoms with Crippen LogP contribution >= 0.6 is 0 Å². The topological polar surface area (TPSA) is 82.7 Å². The van der Waals surface area contributed by atoms with Crippen LogP contribution in [0.15, 0.2) is 67.0 Å². The Kier molecular flexibility index (Phi) is 5.24. The van der Waals surface area contributed by atoms with Crippen LogP contribution in [0.2, 0.25) is 0 Å². The number of hydrogen-bond acceptors (Lipinski definition) is 4. The summed E-state index contributed by atoms with van der Waals surface area (Å²) in [4.78, 5) is 23.9. The van der Waals surface area contributed by atoms with E-state index in [4.69, 9.17) is 0 Å². The Morgan fingerprint density at radius 1 is 1.07 bits per heavy atom. The molecular weight excluding hydrogens is 362 g/mol. The zero-order chi connectivity index (χ0) is 20.2. The molecule has 2 aromatic carbocycles. The van der Waals surface area contributed by atoms with Gasteiger partial charge < -0.3 is 15.6 Å². The molecule has 3 N–H and O–H groups in total. The van der Waals surface area contributed by atoms with Gasteiger partial charge in [0.1, 0.15) is 17.8 Å². The van der Waals surface area contributed by atoms with E-state index in [9.17, 15) is 4.79 Å². The van der Waals surface area contributed by atoms with Gasteiger partial charge in [-0.05, 0) is 30.7 Å². The second-order valence-corrected chi connectivity index (χ2v) is 6.93. The first kappa shape index (κ1) is 18.7. The van der Waals surface area contributed by atoms with Gasteiger partial charge in [0, 0.05) is 29.4 Å². The Bertz CT molecular complexity index is 1140. The molecule has 1 amide bonds. The number of aromatic nitrogens is 3. The van der Waals surface area contributed by atoms with E-state index in [1.807, 2.05) is 55.5 Å². The highest BCUT2D eigenvalue weighted by molar-refractivity contribution is 5.93. The lowest BCUT2D eigenvalue weighted by molar-refractivity contribution is -0.115. The standard InChI is InChI=1S/C23H23N5O/c1-3-21(29)27-18-11-7-10-17(12-18)20-13-19-22(24-14-25-23(19)28-20)26-15(2)16-8-5-4-6-9-16/h4-15H,3H2,1-2H3,(H,27,29)(H2,24,25,26,28)/t15-/m0/s1. The Hall–Kier alpha value is -3.67. The average molecular weight is 385 g/mol. The van der Waals surface area contributed by atoms with E-state index in [0.29, 0.717) is 6.42 Å². The molecule has 0 aliphatic heterocycles. The van der Waals surface area contributed by atoms with E-state index in [1.165, 1.54) is 5.56 Å². The molecule has 0 aliphatic carbocycles. The van der Waals surface area contributed by atoms with Crippen molar-refractivity contribution in [2.24, 2.45) is 0 Å². The largest absolute Gasteiger partial charge is 0.363 e. The lowest BCUT2D eigenvalue weighted by Gasteiger charge is -2.15. The molecule has 2 aromatic heterocycles. The number of nitrogens with one attached hydrogen (secondary N) is 3. The number of anilines is 2. The summed E-state index contributed by atoms with van der Waals surface area (Å²) in [5, 5.41) is 7.31. The van der Waals surface area contributed by atoms with E-state index >= 15 is 0 Å². The van der Waals surface area contributed by atoms with Crippen molar-refractivity contribution in [3.8, 4) is 11.3 Å². The fraction of sp³-hybridized carbons (Fsp3) is 0.174. The van der Waals surface area contributed by atoms with Crippen molar-refractivity contribution >= 4 is 28.4 Å². The molecule has 0 radical (unpaired) electrons. The van der Waals surface area contributed by atoms with Crippen molar-refractivity contribution in [2.45, 2.75) is 26.3 Å². The van der Waals surface area contributed by atoms with Crippen LogP contribution < -0.4 is 10.6 Å². The first-order chi connectivity index (χ1) is 14.1. The normalized spacial score (nSPS) is 11.9. The van der Waals surface area contributed by atoms with Crippen LogP contribution in [0.1, 0.15) is 31.9 Å². The number of H-pyrrole nitrogens is 1. The second-order valence-electron chi connectivity index (χ2n) is 6.93. The summed E-state index contributed by atoms with van der Waals surface area (Å²) in [6.45, 7) is 3.94. The van der Waals surface area contributed by atoms with Gasteiger partial charge in [-0.2, -0.15) is 0 Å². The molecule has 0 spiro atoms. The number of benzene rings is 2. The Labute approximate surface area is 169 Å². The molecule has 0 saturated carbocycles. The number of carbonyl (C=O) groups excluding carboxylic acids is 1. The van der Waals surface area contributed by atoms with Gasteiger partial charge in [-0.3, -0.25) is 4.79 Å². The smallest absolute Gasteiger partial charge is 0.224 e. The van der Waals surface area contributed by atoms with Crippen molar-refractivity contribution in [3.63, 3.8) is 0 Å². The van der Waals surface area contributed by atoms with Gasteiger partial charge in [0.25, 0.3) is 0 Å². The molecule has 0 aliphatic rings. The van der Waals surface area contributed by atoms with Crippen molar-refractivity contribution in [1.29, 1.82) is 0 Å². The van der Waals surface area contributed by atoms with E-state index in [1.54, 1.807) is 6.33 Å². The van der Waals surface area contributed by atoms with Crippen LogP contribution in [0.3, 0.4) is 0 Å². The number of hydrogen-bond donors (Lipinski definition) is 3. The van der Waals surface area contributed by atoms with E-state index in [0.717, 1.165) is 33.8 Å². The molecule has 2 heterocycles. The van der Waals surface area contributed by atoms with Crippen LogP contribution in [-0.4, -0.2) is 20.9 Å². The lowest BCUT2D eigenvalue weighted by Crippen LogP contribution is -2.09. The highest BCUT2D eigenvalue weighted by Crippen LogP contribution is 2.29. The number of carbonyl (C=O) groups is 1. The van der Waals surface area contributed by atoms with Crippen LogP contribution in [0.4, 0.5) is 11.5 Å². The summed E-state index contributed by atoms with van der Waals surface area (Å²) in [6, 6.07) is 20.2. The van der Waals surface area contributed by atoms with E-state index in [2.05, 4.69) is 44.6 Å². The van der Waals surface area contributed by atoms with Gasteiger partial charge >= 0.3 is 0 Å². The maximum Gasteiger partial charge on any atom is 0.224 e. The molecule has 29 heavy (non-hydrogen) atoms. The monoisotopic (exact) mass is 385 g/mol. The van der Waals surface area contributed by atoms with Gasteiger partial charge in [-0.15, -0.1) is 0 Å². The van der Waals surface area contributed by atoms with Crippen LogP contribution in [0.5, 0.6) is 0 Å². The third-order valence-electron chi connectivity index (χ3n) is 4.86. The predicted molar refractivity (Wildman–Crippen MR) is 117 cm³/mol. The Morgan fingerprint density at radius 2 is 1.90 bits per heavy atom. The van der Waals surface area contributed by atoms with Crippen molar-refractivity contribution in [3.05, 3.63) is 72.6 Å². The SMILES string of the molecule is CCC(=O)Nc1cccc(-c2cc3c(N[C@@H](C)c4ccccc4)ncnc3[nH]2)c1. The van der Waals surface area contributed by atoms with Crippen LogP contribution in [0, 0.1) is 0 Å². The zero-order valence-corrected chi connectivity index (χ0v) is 16.4. The molecule has 0 saturated heterocycles. The minimum Gasteiger partial charge on any atom is -0.363 e. The fourth-order valence-electron chi connectivity index (χ4n) is 3.25. The predicted octanol–water partition coefficient (Wildman–Crippen LogP) is 5.15. The maximum atomic E-state index is 11.7. The molecule has 6 nitrogen and oxygen atoms in total. The number of amides is 1. The van der Waals surface area contributed by atoms with Gasteiger partial charge in [0.05, 0.1) is 5.39 Å². The van der Waals surface area contributed by atoms with Gasteiger partial charge in [-0.1, -0.05) is 49.4 Å². The summed E-state index contributed by atoms with van der Waals surface area (Å²) >= 11 is 0. The van der Waals surface area contributed by atoms with E-state index < -0.39 is 0 Å². The molecule has 4 rings (SSSR count). The van der Waals surface area contributed by atoms with Gasteiger partial charge in [0.15, 0.2) is 0 Å². The highest BCUT2D eigenvalue weighted by atomic mass is 16.1. The zero-order valence-electron chi connectivity index (χ0n) is 16.4. The number of aromatic amines is 1. The van der Waals surface area contributed by atoms with Gasteiger partial charge in [-0.25, -0.2) is 9.97 Å². The molecular formula is C23H23N5O. The van der Waals surface area contributed by atoms with Crippen molar-refractivity contribution in [1.82, 2.24) is 15.0 Å². The summed E-state index contributed by atoms with van der Waals surface area (Å²) in [5.41, 5.74) is 4.62. The fourth-order valence-corrected chi connectivity index (χ4v) is 3.25. The molecule has 0 unspecified atom stereocenters. The average Bonchev–Trinajstić information content (AvgIpc) is 3.20. The van der Waals surface area contributed by atoms with Crippen LogP contribution in [-0.2, 0) is 4.79 Å². The first-order valence-electron chi connectivity index (χ1n) is 9.69. The minimum atomic E-state index is -0.00829. The molecule has 4 aromatic rings. The summed E-state index contributed by atoms with van der Waals surface area (Å²) in [6.07, 6.45) is 2.00. The Balaban J connectivity index is 1.64. The quantitative estimate of drug-likeness (QED) is 0.429.